The molecule has 1 aromatic carbocycles. The third-order valence-corrected chi connectivity index (χ3v) is 2.25. The third-order valence-electron chi connectivity index (χ3n) is 2.25. The number of hydrogen-bond donors (Lipinski definition) is 0. The maximum Gasteiger partial charge on any atom is 0.213 e. The van der Waals surface area contributed by atoms with Gasteiger partial charge >= 0.3 is 0 Å². The highest BCUT2D eigenvalue weighted by Crippen LogP contribution is 2.12. The standard InChI is InChI=1S/C10H8N4O/c1-2-4-9-8(3-1)11-6-14(9)5-10-12-7-15-13-10/h1-4,6-7H,5H2. The number of rotatable bonds is 2. The van der Waals surface area contributed by atoms with Crippen molar-refractivity contribution >= 4 is 11.0 Å². The van der Waals surface area contributed by atoms with Crippen LogP contribution in [-0.2, 0) is 6.54 Å². The number of para-hydroxylation sites is 2. The summed E-state index contributed by atoms with van der Waals surface area (Å²) in [6.07, 6.45) is 3.11. The number of hydrogen-bond acceptors (Lipinski definition) is 4. The van der Waals surface area contributed by atoms with Gasteiger partial charge in [0, 0.05) is 0 Å². The zero-order valence-electron chi connectivity index (χ0n) is 7.87. The lowest BCUT2D eigenvalue weighted by atomic mass is 10.3. The molecule has 2 aromatic heterocycles. The average molecular weight is 200 g/mol. The summed E-state index contributed by atoms with van der Waals surface area (Å²) >= 11 is 0. The maximum atomic E-state index is 4.68. The minimum Gasteiger partial charge on any atom is -0.343 e. The van der Waals surface area contributed by atoms with Gasteiger partial charge in [-0.2, -0.15) is 4.98 Å². The molecule has 3 rings (SSSR count). The van der Waals surface area contributed by atoms with E-state index in [9.17, 15) is 0 Å². The molecule has 5 nitrogen and oxygen atoms in total. The molecule has 0 unspecified atom stereocenters. The van der Waals surface area contributed by atoms with E-state index in [4.69, 9.17) is 0 Å². The van der Waals surface area contributed by atoms with Crippen molar-refractivity contribution in [1.82, 2.24) is 19.7 Å². The fourth-order valence-corrected chi connectivity index (χ4v) is 1.55. The Labute approximate surface area is 85.4 Å². The summed E-state index contributed by atoms with van der Waals surface area (Å²) in [6.45, 7) is 0.580. The van der Waals surface area contributed by atoms with Gasteiger partial charge in [-0.1, -0.05) is 17.3 Å². The minimum atomic E-state index is 0.580. The first-order valence-corrected chi connectivity index (χ1v) is 4.58. The molecule has 0 aliphatic carbocycles. The molecular formula is C10H8N4O. The zero-order valence-corrected chi connectivity index (χ0v) is 7.87. The first-order valence-electron chi connectivity index (χ1n) is 4.58. The highest BCUT2D eigenvalue weighted by molar-refractivity contribution is 5.74. The van der Waals surface area contributed by atoms with Crippen molar-refractivity contribution in [3.8, 4) is 0 Å². The predicted octanol–water partition coefficient (Wildman–Crippen LogP) is 1.47. The van der Waals surface area contributed by atoms with Crippen LogP contribution < -0.4 is 0 Å². The fourth-order valence-electron chi connectivity index (χ4n) is 1.55. The van der Waals surface area contributed by atoms with Crippen LogP contribution in [0.1, 0.15) is 5.82 Å². The van der Waals surface area contributed by atoms with Gasteiger partial charge < -0.3 is 9.09 Å². The van der Waals surface area contributed by atoms with Gasteiger partial charge in [0.15, 0.2) is 5.82 Å². The van der Waals surface area contributed by atoms with Crippen molar-refractivity contribution in [1.29, 1.82) is 0 Å². The van der Waals surface area contributed by atoms with Crippen molar-refractivity contribution in [3.05, 3.63) is 42.8 Å². The topological polar surface area (TPSA) is 56.7 Å². The normalized spacial score (nSPS) is 10.9. The second-order valence-corrected chi connectivity index (χ2v) is 3.21. The SMILES string of the molecule is c1ccc2c(c1)ncn2Cc1ncon1. The fraction of sp³-hybridized carbons (Fsp3) is 0.100. The van der Waals surface area contributed by atoms with Gasteiger partial charge in [-0.05, 0) is 12.1 Å². The summed E-state index contributed by atoms with van der Waals surface area (Å²) in [5, 5.41) is 3.76. The second-order valence-electron chi connectivity index (χ2n) is 3.21. The maximum absolute atomic E-state index is 4.68. The van der Waals surface area contributed by atoms with E-state index in [-0.39, 0.29) is 0 Å². The Bertz CT molecular complexity index is 570. The highest BCUT2D eigenvalue weighted by Gasteiger charge is 2.04. The number of fused-ring (bicyclic) bond motifs is 1. The summed E-state index contributed by atoms with van der Waals surface area (Å²) in [5.74, 6) is 0.651. The molecule has 5 heteroatoms. The molecular weight excluding hydrogens is 192 g/mol. The molecule has 3 aromatic rings. The lowest BCUT2D eigenvalue weighted by molar-refractivity contribution is 0.408. The van der Waals surface area contributed by atoms with Crippen LogP contribution in [0, 0.1) is 0 Å². The van der Waals surface area contributed by atoms with Crippen LogP contribution in [0.2, 0.25) is 0 Å². The molecule has 0 amide bonds. The lowest BCUT2D eigenvalue weighted by Gasteiger charge is -1.98. The summed E-state index contributed by atoms with van der Waals surface area (Å²) in [5.41, 5.74) is 2.04. The Kier molecular flexibility index (Phi) is 1.74. The third kappa shape index (κ3) is 1.38. The largest absolute Gasteiger partial charge is 0.343 e. The van der Waals surface area contributed by atoms with Crippen molar-refractivity contribution < 1.29 is 4.52 Å². The molecule has 0 fully saturated rings. The van der Waals surface area contributed by atoms with Crippen LogP contribution in [0.15, 0.2) is 41.5 Å². The van der Waals surface area contributed by atoms with Crippen LogP contribution in [0.25, 0.3) is 11.0 Å². The zero-order chi connectivity index (χ0) is 10.1. The lowest BCUT2D eigenvalue weighted by Crippen LogP contribution is -1.99. The van der Waals surface area contributed by atoms with Crippen molar-refractivity contribution in [3.63, 3.8) is 0 Å². The van der Waals surface area contributed by atoms with E-state index in [1.807, 2.05) is 28.8 Å². The smallest absolute Gasteiger partial charge is 0.213 e. The van der Waals surface area contributed by atoms with Gasteiger partial charge in [0.2, 0.25) is 6.39 Å². The van der Waals surface area contributed by atoms with Gasteiger partial charge in [-0.3, -0.25) is 0 Å². The summed E-state index contributed by atoms with van der Waals surface area (Å²) in [4.78, 5) is 8.25. The second kappa shape index (κ2) is 3.20. The summed E-state index contributed by atoms with van der Waals surface area (Å²) in [7, 11) is 0. The number of benzene rings is 1. The Morgan fingerprint density at radius 1 is 1.20 bits per heavy atom. The van der Waals surface area contributed by atoms with Gasteiger partial charge in [-0.15, -0.1) is 0 Å². The van der Waals surface area contributed by atoms with Crippen LogP contribution in [-0.4, -0.2) is 19.7 Å². The molecule has 0 atom stereocenters. The van der Waals surface area contributed by atoms with Gasteiger partial charge in [0.1, 0.15) is 0 Å². The Hall–Kier alpha value is -2.17. The van der Waals surface area contributed by atoms with E-state index in [2.05, 4.69) is 19.6 Å². The summed E-state index contributed by atoms with van der Waals surface area (Å²) in [6, 6.07) is 7.94. The Morgan fingerprint density at radius 3 is 3.00 bits per heavy atom. The van der Waals surface area contributed by atoms with E-state index in [1.165, 1.54) is 6.39 Å². The minimum absolute atomic E-state index is 0.580. The molecule has 0 saturated carbocycles. The average Bonchev–Trinajstić information content (AvgIpc) is 2.89. The van der Waals surface area contributed by atoms with Crippen LogP contribution in [0.4, 0.5) is 0 Å². The number of aromatic nitrogens is 4. The van der Waals surface area contributed by atoms with Crippen LogP contribution in [0.3, 0.4) is 0 Å². The van der Waals surface area contributed by atoms with Crippen LogP contribution in [0.5, 0.6) is 0 Å². The molecule has 2 heterocycles. The van der Waals surface area contributed by atoms with E-state index in [0.29, 0.717) is 12.4 Å². The molecule has 0 saturated heterocycles. The van der Waals surface area contributed by atoms with Gasteiger partial charge in [0.25, 0.3) is 0 Å². The molecule has 0 bridgehead atoms. The first-order chi connectivity index (χ1) is 7.43. The molecule has 0 aliphatic heterocycles. The molecule has 74 valence electrons. The number of imidazole rings is 1. The summed E-state index contributed by atoms with van der Waals surface area (Å²) < 4.78 is 6.67. The molecule has 0 radical (unpaired) electrons. The predicted molar refractivity (Wildman–Crippen MR) is 53.1 cm³/mol. The molecule has 15 heavy (non-hydrogen) atoms. The monoisotopic (exact) mass is 200 g/mol. The van der Waals surface area contributed by atoms with Gasteiger partial charge in [0.05, 0.1) is 23.9 Å². The quantitative estimate of drug-likeness (QED) is 0.628. The first kappa shape index (κ1) is 8.16. The van der Waals surface area contributed by atoms with Crippen molar-refractivity contribution in [2.75, 3.05) is 0 Å². The Balaban J connectivity index is 2.05. The highest BCUT2D eigenvalue weighted by atomic mass is 16.5. The van der Waals surface area contributed by atoms with Crippen molar-refractivity contribution in [2.24, 2.45) is 0 Å². The molecule has 0 spiro atoms. The van der Waals surface area contributed by atoms with Gasteiger partial charge in [-0.25, -0.2) is 4.98 Å². The van der Waals surface area contributed by atoms with Crippen molar-refractivity contribution in [2.45, 2.75) is 6.54 Å². The van der Waals surface area contributed by atoms with E-state index in [1.54, 1.807) is 6.33 Å². The Morgan fingerprint density at radius 2 is 2.13 bits per heavy atom. The number of nitrogens with zero attached hydrogens (tertiary/aromatic N) is 4. The molecule has 0 N–H and O–H groups in total. The van der Waals surface area contributed by atoms with E-state index in [0.717, 1.165) is 11.0 Å². The molecule has 0 aliphatic rings. The van der Waals surface area contributed by atoms with E-state index >= 15 is 0 Å². The van der Waals surface area contributed by atoms with E-state index < -0.39 is 0 Å². The van der Waals surface area contributed by atoms with Crippen LogP contribution >= 0.6 is 0 Å².